The van der Waals surface area contributed by atoms with Gasteiger partial charge in [0.1, 0.15) is 9.84 Å². The lowest BCUT2D eigenvalue weighted by atomic mass is 10.1. The first kappa shape index (κ1) is 22.5. The Balaban J connectivity index is 1.88. The molecule has 0 fully saturated rings. The lowest BCUT2D eigenvalue weighted by molar-refractivity contribution is 0.310. The molecule has 10 heteroatoms. The van der Waals surface area contributed by atoms with Crippen LogP contribution in [0.4, 0.5) is 0 Å². The van der Waals surface area contributed by atoms with Gasteiger partial charge in [0, 0.05) is 36.0 Å². The van der Waals surface area contributed by atoms with Crippen LogP contribution in [0.5, 0.6) is 11.5 Å². The SMILES string of the molecule is CCOc1cc([C@H](CS(C)(=O)=O)n2c(=O)[nH]c3cc(-c4cccnc4)cnc32)ccc1OC. The molecular formula is C23H24N4O5S. The Kier molecular flexibility index (Phi) is 6.19. The Morgan fingerprint density at radius 1 is 1.12 bits per heavy atom. The van der Waals surface area contributed by atoms with Gasteiger partial charge >= 0.3 is 5.69 Å². The monoisotopic (exact) mass is 468 g/mol. The Morgan fingerprint density at radius 3 is 2.61 bits per heavy atom. The van der Waals surface area contributed by atoms with Gasteiger partial charge in [-0.25, -0.2) is 18.2 Å². The fourth-order valence-electron chi connectivity index (χ4n) is 3.77. The third-order valence-corrected chi connectivity index (χ3v) is 6.12. The van der Waals surface area contributed by atoms with Crippen molar-refractivity contribution in [3.63, 3.8) is 0 Å². The highest BCUT2D eigenvalue weighted by Gasteiger charge is 2.25. The molecule has 0 aliphatic carbocycles. The number of aromatic nitrogens is 4. The minimum absolute atomic E-state index is 0.288. The minimum Gasteiger partial charge on any atom is -0.493 e. The van der Waals surface area contributed by atoms with Crippen LogP contribution in [-0.2, 0) is 9.84 Å². The predicted molar refractivity (Wildman–Crippen MR) is 126 cm³/mol. The van der Waals surface area contributed by atoms with Gasteiger partial charge in [-0.1, -0.05) is 12.1 Å². The maximum Gasteiger partial charge on any atom is 0.328 e. The molecule has 33 heavy (non-hydrogen) atoms. The van der Waals surface area contributed by atoms with Crippen LogP contribution < -0.4 is 15.2 Å². The summed E-state index contributed by atoms with van der Waals surface area (Å²) in [5.74, 6) is 0.698. The first-order valence-corrected chi connectivity index (χ1v) is 12.4. The molecule has 0 bridgehead atoms. The number of nitrogens with one attached hydrogen (secondary N) is 1. The summed E-state index contributed by atoms with van der Waals surface area (Å²) >= 11 is 0. The summed E-state index contributed by atoms with van der Waals surface area (Å²) in [7, 11) is -1.93. The summed E-state index contributed by atoms with van der Waals surface area (Å²) in [5, 5.41) is 0. The van der Waals surface area contributed by atoms with E-state index in [1.54, 1.807) is 42.9 Å². The number of rotatable bonds is 8. The number of methoxy groups -OCH3 is 1. The van der Waals surface area contributed by atoms with Crippen molar-refractivity contribution in [2.45, 2.75) is 13.0 Å². The molecule has 4 rings (SSSR count). The molecular weight excluding hydrogens is 444 g/mol. The number of nitrogens with zero attached hydrogens (tertiary/aromatic N) is 3. The van der Waals surface area contributed by atoms with Crippen LogP contribution in [0.2, 0.25) is 0 Å². The van der Waals surface area contributed by atoms with E-state index in [4.69, 9.17) is 9.47 Å². The van der Waals surface area contributed by atoms with E-state index in [1.807, 2.05) is 19.1 Å². The van der Waals surface area contributed by atoms with Crippen molar-refractivity contribution < 1.29 is 17.9 Å². The molecule has 0 saturated heterocycles. The summed E-state index contributed by atoms with van der Waals surface area (Å²) in [6.45, 7) is 2.25. The van der Waals surface area contributed by atoms with Crippen LogP contribution in [0.25, 0.3) is 22.3 Å². The van der Waals surface area contributed by atoms with Crippen LogP contribution in [0, 0.1) is 0 Å². The zero-order valence-electron chi connectivity index (χ0n) is 18.5. The molecule has 0 unspecified atom stereocenters. The number of H-pyrrole nitrogens is 1. The highest BCUT2D eigenvalue weighted by molar-refractivity contribution is 7.90. The number of sulfone groups is 1. The standard InChI is InChI=1S/C23H24N4O5S/c1-4-32-21-11-15(7-8-20(21)31-2)19(14-33(3,29)30)27-22-18(26-23(27)28)10-17(13-25-22)16-6-5-9-24-12-16/h5-13,19H,4,14H2,1-3H3,(H,26,28)/t19-/m0/s1. The van der Waals surface area contributed by atoms with Gasteiger partial charge in [0.25, 0.3) is 0 Å². The predicted octanol–water partition coefficient (Wildman–Crippen LogP) is 2.83. The molecule has 172 valence electrons. The van der Waals surface area contributed by atoms with E-state index in [2.05, 4.69) is 15.0 Å². The first-order valence-electron chi connectivity index (χ1n) is 10.3. The highest BCUT2D eigenvalue weighted by Crippen LogP contribution is 2.33. The van der Waals surface area contributed by atoms with Gasteiger partial charge < -0.3 is 14.5 Å². The summed E-state index contributed by atoms with van der Waals surface area (Å²) in [6.07, 6.45) is 6.16. The van der Waals surface area contributed by atoms with Gasteiger partial charge in [0.2, 0.25) is 0 Å². The average molecular weight is 469 g/mol. The van der Waals surface area contributed by atoms with Crippen molar-refractivity contribution in [1.29, 1.82) is 0 Å². The number of hydrogen-bond donors (Lipinski definition) is 1. The molecule has 1 aromatic carbocycles. The first-order chi connectivity index (χ1) is 15.8. The third kappa shape index (κ3) is 4.75. The van der Waals surface area contributed by atoms with Crippen LogP contribution in [0.15, 0.2) is 59.8 Å². The summed E-state index contributed by atoms with van der Waals surface area (Å²) in [4.78, 5) is 24.5. The summed E-state index contributed by atoms with van der Waals surface area (Å²) in [6, 6.07) is 9.82. The van der Waals surface area contributed by atoms with E-state index in [9.17, 15) is 13.2 Å². The van der Waals surface area contributed by atoms with Gasteiger partial charge in [-0.2, -0.15) is 0 Å². The second-order valence-corrected chi connectivity index (χ2v) is 9.77. The zero-order valence-corrected chi connectivity index (χ0v) is 19.3. The minimum atomic E-state index is -3.46. The quantitative estimate of drug-likeness (QED) is 0.423. The maximum atomic E-state index is 13.0. The molecule has 3 heterocycles. The fourth-order valence-corrected chi connectivity index (χ4v) is 4.68. The third-order valence-electron chi connectivity index (χ3n) is 5.19. The topological polar surface area (TPSA) is 116 Å². The number of hydrogen-bond acceptors (Lipinski definition) is 7. The van der Waals surface area contributed by atoms with Gasteiger partial charge in [-0.05, 0) is 36.8 Å². The molecule has 1 atom stereocenters. The van der Waals surface area contributed by atoms with E-state index in [1.165, 1.54) is 11.7 Å². The van der Waals surface area contributed by atoms with Crippen molar-refractivity contribution in [1.82, 2.24) is 19.5 Å². The highest BCUT2D eigenvalue weighted by atomic mass is 32.2. The van der Waals surface area contributed by atoms with Gasteiger partial charge in [-0.15, -0.1) is 0 Å². The number of pyridine rings is 2. The normalized spacial score (nSPS) is 12.6. The Bertz CT molecular complexity index is 1440. The molecule has 4 aromatic rings. The Morgan fingerprint density at radius 2 is 1.94 bits per heavy atom. The second-order valence-electron chi connectivity index (χ2n) is 7.59. The summed E-state index contributed by atoms with van der Waals surface area (Å²) < 4.78 is 37.0. The number of aromatic amines is 1. The van der Waals surface area contributed by atoms with Gasteiger partial charge in [0.15, 0.2) is 17.1 Å². The van der Waals surface area contributed by atoms with Gasteiger partial charge in [0.05, 0.1) is 31.0 Å². The lowest BCUT2D eigenvalue weighted by Gasteiger charge is -2.20. The summed E-state index contributed by atoms with van der Waals surface area (Å²) in [5.41, 5.74) is 2.62. The van der Waals surface area contributed by atoms with Crippen molar-refractivity contribution in [3.8, 4) is 22.6 Å². The smallest absolute Gasteiger partial charge is 0.328 e. The second kappa shape index (κ2) is 9.07. The van der Waals surface area contributed by atoms with Crippen LogP contribution in [-0.4, -0.2) is 53.7 Å². The van der Waals surface area contributed by atoms with E-state index in [0.29, 0.717) is 34.8 Å². The maximum absolute atomic E-state index is 13.0. The molecule has 9 nitrogen and oxygen atoms in total. The number of fused-ring (bicyclic) bond motifs is 1. The van der Waals surface area contributed by atoms with E-state index in [-0.39, 0.29) is 5.75 Å². The number of ether oxygens (including phenoxy) is 2. The molecule has 0 amide bonds. The lowest BCUT2D eigenvalue weighted by Crippen LogP contribution is -2.28. The van der Waals surface area contributed by atoms with Crippen LogP contribution >= 0.6 is 0 Å². The zero-order chi connectivity index (χ0) is 23.6. The Labute approximate surface area is 191 Å². The van der Waals surface area contributed by atoms with E-state index >= 15 is 0 Å². The molecule has 0 spiro atoms. The molecule has 0 aliphatic heterocycles. The number of benzene rings is 1. The molecule has 0 radical (unpaired) electrons. The van der Waals surface area contributed by atoms with Crippen molar-refractivity contribution in [2.24, 2.45) is 0 Å². The fraction of sp³-hybridized carbons (Fsp3) is 0.261. The average Bonchev–Trinajstić information content (AvgIpc) is 3.12. The number of imidazole rings is 1. The van der Waals surface area contributed by atoms with E-state index < -0.39 is 21.6 Å². The van der Waals surface area contributed by atoms with Gasteiger partial charge in [-0.3, -0.25) is 9.55 Å². The van der Waals surface area contributed by atoms with Crippen molar-refractivity contribution in [3.05, 3.63) is 71.0 Å². The van der Waals surface area contributed by atoms with E-state index in [0.717, 1.165) is 17.4 Å². The molecule has 3 aromatic heterocycles. The molecule has 1 N–H and O–H groups in total. The Hall–Kier alpha value is -3.66. The van der Waals surface area contributed by atoms with Crippen molar-refractivity contribution in [2.75, 3.05) is 25.7 Å². The largest absolute Gasteiger partial charge is 0.493 e. The molecule has 0 aliphatic rings. The van der Waals surface area contributed by atoms with Crippen LogP contribution in [0.1, 0.15) is 18.5 Å². The van der Waals surface area contributed by atoms with Crippen LogP contribution in [0.3, 0.4) is 0 Å². The van der Waals surface area contributed by atoms with Crippen molar-refractivity contribution >= 4 is 21.0 Å². The molecule has 0 saturated carbocycles.